The predicted molar refractivity (Wildman–Crippen MR) is 77.8 cm³/mol. The number of benzene rings is 1. The van der Waals surface area contributed by atoms with Crippen LogP contribution in [0.4, 0.5) is 5.69 Å². The Morgan fingerprint density at radius 1 is 1.20 bits per heavy atom. The molecule has 0 saturated heterocycles. The number of para-hydroxylation sites is 1. The molecule has 3 aromatic rings. The Hall–Kier alpha value is -2.82. The van der Waals surface area contributed by atoms with E-state index in [4.69, 9.17) is 0 Å². The van der Waals surface area contributed by atoms with Gasteiger partial charge in [-0.3, -0.25) is 9.59 Å². The van der Waals surface area contributed by atoms with Crippen molar-refractivity contribution >= 4 is 23.0 Å². The minimum atomic E-state index is -0.224. The van der Waals surface area contributed by atoms with Gasteiger partial charge in [-0.05, 0) is 29.7 Å². The van der Waals surface area contributed by atoms with Crippen molar-refractivity contribution < 1.29 is 4.79 Å². The number of rotatable bonds is 4. The highest BCUT2D eigenvalue weighted by atomic mass is 16.1. The molecule has 0 fully saturated rings. The number of anilines is 1. The molecule has 1 aromatic carbocycles. The normalized spacial score (nSPS) is 10.6. The number of H-pyrrole nitrogens is 1. The zero-order chi connectivity index (χ0) is 13.9. The van der Waals surface area contributed by atoms with E-state index < -0.39 is 0 Å². The Morgan fingerprint density at radius 2 is 2.05 bits per heavy atom. The minimum absolute atomic E-state index is 0.224. The molecule has 3 rings (SSSR count). The smallest absolute Gasteiger partial charge is 0.274 e. The fourth-order valence-electron chi connectivity index (χ4n) is 2.24. The van der Waals surface area contributed by atoms with Gasteiger partial charge in [0.2, 0.25) is 6.41 Å². The van der Waals surface area contributed by atoms with Crippen LogP contribution in [0.5, 0.6) is 0 Å². The van der Waals surface area contributed by atoms with Crippen LogP contribution in [-0.4, -0.2) is 16.0 Å². The lowest BCUT2D eigenvalue weighted by Gasteiger charge is -2.05. The summed E-state index contributed by atoms with van der Waals surface area (Å²) in [6, 6.07) is 13.3. The first-order valence-corrected chi connectivity index (χ1v) is 6.24. The molecule has 5 nitrogen and oxygen atoms in total. The van der Waals surface area contributed by atoms with Crippen molar-refractivity contribution in [1.82, 2.24) is 9.55 Å². The van der Waals surface area contributed by atoms with Gasteiger partial charge < -0.3 is 14.9 Å². The molecule has 1 amide bonds. The molecule has 20 heavy (non-hydrogen) atoms. The van der Waals surface area contributed by atoms with E-state index >= 15 is 0 Å². The minimum Gasteiger partial charge on any atom is -0.357 e. The molecule has 2 N–H and O–H groups in total. The number of hydrogen-bond acceptors (Lipinski definition) is 2. The van der Waals surface area contributed by atoms with Crippen LogP contribution in [0.3, 0.4) is 0 Å². The Labute approximate surface area is 114 Å². The van der Waals surface area contributed by atoms with E-state index in [1.54, 1.807) is 22.9 Å². The zero-order valence-corrected chi connectivity index (χ0v) is 10.7. The van der Waals surface area contributed by atoms with E-state index in [0.29, 0.717) is 13.0 Å². The molecule has 0 aliphatic carbocycles. The summed E-state index contributed by atoms with van der Waals surface area (Å²) in [5, 5.41) is 3.51. The van der Waals surface area contributed by atoms with Gasteiger partial charge in [-0.15, -0.1) is 0 Å². The van der Waals surface area contributed by atoms with Gasteiger partial charge in [0.15, 0.2) is 0 Å². The van der Waals surface area contributed by atoms with Gasteiger partial charge in [0.1, 0.15) is 5.69 Å². The van der Waals surface area contributed by atoms with Gasteiger partial charge in [0.25, 0.3) is 5.56 Å². The number of aromatic nitrogens is 2. The standard InChI is InChI=1S/C15H13N3O2/c19-10-16-14-6-3-7-18(15(14)20)9-12-8-11-4-1-2-5-13(11)17-12/h1-8,10,17H,9H2,(H,16,19). The molecular formula is C15H13N3O2. The number of fused-ring (bicyclic) bond motifs is 1. The predicted octanol–water partition coefficient (Wildman–Crippen LogP) is 1.95. The van der Waals surface area contributed by atoms with Crippen LogP contribution >= 0.6 is 0 Å². The molecule has 0 bridgehead atoms. The van der Waals surface area contributed by atoms with Crippen LogP contribution in [0.2, 0.25) is 0 Å². The molecule has 0 radical (unpaired) electrons. The third-order valence-electron chi connectivity index (χ3n) is 3.16. The highest BCUT2D eigenvalue weighted by Crippen LogP contribution is 2.15. The molecule has 0 spiro atoms. The Balaban J connectivity index is 1.96. The number of pyridine rings is 1. The maximum absolute atomic E-state index is 12.1. The Kier molecular flexibility index (Phi) is 3.09. The van der Waals surface area contributed by atoms with Crippen molar-refractivity contribution in [2.75, 3.05) is 5.32 Å². The number of carbonyl (C=O) groups is 1. The van der Waals surface area contributed by atoms with Gasteiger partial charge in [0, 0.05) is 17.4 Å². The van der Waals surface area contributed by atoms with Gasteiger partial charge in [0.05, 0.1) is 6.54 Å². The van der Waals surface area contributed by atoms with Crippen molar-refractivity contribution in [3.05, 3.63) is 64.7 Å². The molecule has 0 unspecified atom stereocenters. The van der Waals surface area contributed by atoms with E-state index in [1.807, 2.05) is 30.3 Å². The summed E-state index contributed by atoms with van der Waals surface area (Å²) in [5.41, 5.74) is 2.03. The van der Waals surface area contributed by atoms with Gasteiger partial charge in [-0.2, -0.15) is 0 Å². The van der Waals surface area contributed by atoms with Crippen molar-refractivity contribution in [3.8, 4) is 0 Å². The number of carbonyl (C=O) groups excluding carboxylic acids is 1. The molecule has 0 aliphatic rings. The fourth-order valence-corrected chi connectivity index (χ4v) is 2.24. The van der Waals surface area contributed by atoms with E-state index in [9.17, 15) is 9.59 Å². The van der Waals surface area contributed by atoms with Crippen LogP contribution in [-0.2, 0) is 11.3 Å². The second-order valence-electron chi connectivity index (χ2n) is 4.50. The molecule has 0 atom stereocenters. The number of aromatic amines is 1. The van der Waals surface area contributed by atoms with Crippen LogP contribution in [0.25, 0.3) is 10.9 Å². The lowest BCUT2D eigenvalue weighted by atomic mass is 10.2. The summed E-state index contributed by atoms with van der Waals surface area (Å²) in [4.78, 5) is 25.8. The number of hydrogen-bond donors (Lipinski definition) is 2. The van der Waals surface area contributed by atoms with E-state index in [2.05, 4.69) is 10.3 Å². The van der Waals surface area contributed by atoms with Crippen molar-refractivity contribution in [3.63, 3.8) is 0 Å². The van der Waals surface area contributed by atoms with Crippen molar-refractivity contribution in [2.45, 2.75) is 6.54 Å². The summed E-state index contributed by atoms with van der Waals surface area (Å²) < 4.78 is 1.55. The Morgan fingerprint density at radius 3 is 2.85 bits per heavy atom. The topological polar surface area (TPSA) is 66.9 Å². The molecule has 0 aliphatic heterocycles. The van der Waals surface area contributed by atoms with Gasteiger partial charge in [-0.1, -0.05) is 18.2 Å². The average Bonchev–Trinajstić information content (AvgIpc) is 2.86. The second kappa shape index (κ2) is 5.05. The first-order chi connectivity index (χ1) is 9.78. The molecule has 2 aromatic heterocycles. The van der Waals surface area contributed by atoms with Crippen LogP contribution in [0.15, 0.2) is 53.5 Å². The summed E-state index contributed by atoms with van der Waals surface area (Å²) >= 11 is 0. The van der Waals surface area contributed by atoms with E-state index in [1.165, 1.54) is 0 Å². The zero-order valence-electron chi connectivity index (χ0n) is 10.7. The number of nitrogens with one attached hydrogen (secondary N) is 2. The Bertz CT molecular complexity index is 784. The quantitative estimate of drug-likeness (QED) is 0.709. The van der Waals surface area contributed by atoms with Crippen LogP contribution in [0, 0.1) is 0 Å². The van der Waals surface area contributed by atoms with Crippen molar-refractivity contribution in [2.24, 2.45) is 0 Å². The van der Waals surface area contributed by atoms with Gasteiger partial charge in [-0.25, -0.2) is 0 Å². The summed E-state index contributed by atoms with van der Waals surface area (Å²) in [6.07, 6.45) is 2.20. The third kappa shape index (κ3) is 2.21. The fraction of sp³-hybridized carbons (Fsp3) is 0.0667. The monoisotopic (exact) mass is 267 g/mol. The van der Waals surface area contributed by atoms with Crippen molar-refractivity contribution in [1.29, 1.82) is 0 Å². The average molecular weight is 267 g/mol. The lowest BCUT2D eigenvalue weighted by molar-refractivity contribution is -0.105. The van der Waals surface area contributed by atoms with Crippen LogP contribution < -0.4 is 10.9 Å². The second-order valence-corrected chi connectivity index (χ2v) is 4.50. The SMILES string of the molecule is O=CNc1cccn(Cc2cc3ccccc3[nH]2)c1=O. The summed E-state index contributed by atoms with van der Waals surface area (Å²) in [6.45, 7) is 0.432. The molecular weight excluding hydrogens is 254 g/mol. The highest BCUT2D eigenvalue weighted by molar-refractivity contribution is 5.80. The maximum atomic E-state index is 12.1. The highest BCUT2D eigenvalue weighted by Gasteiger charge is 2.05. The lowest BCUT2D eigenvalue weighted by Crippen LogP contribution is -2.23. The number of nitrogens with zero attached hydrogens (tertiary/aromatic N) is 1. The molecule has 2 heterocycles. The van der Waals surface area contributed by atoms with E-state index in [0.717, 1.165) is 16.6 Å². The first-order valence-electron chi connectivity index (χ1n) is 6.24. The molecule has 100 valence electrons. The third-order valence-corrected chi connectivity index (χ3v) is 3.16. The maximum Gasteiger partial charge on any atom is 0.274 e. The number of amides is 1. The van der Waals surface area contributed by atoms with Gasteiger partial charge >= 0.3 is 0 Å². The van der Waals surface area contributed by atoms with E-state index in [-0.39, 0.29) is 11.2 Å². The molecule has 0 saturated carbocycles. The van der Waals surface area contributed by atoms with Crippen LogP contribution in [0.1, 0.15) is 5.69 Å². The summed E-state index contributed by atoms with van der Waals surface area (Å²) in [5.74, 6) is 0. The largest absolute Gasteiger partial charge is 0.357 e. The first kappa shape index (κ1) is 12.2. The summed E-state index contributed by atoms with van der Waals surface area (Å²) in [7, 11) is 0. The molecule has 5 heteroatoms.